The van der Waals surface area contributed by atoms with Gasteiger partial charge >= 0.3 is 0 Å². The van der Waals surface area contributed by atoms with E-state index in [0.29, 0.717) is 34.6 Å². The standard InChI is InChI=1S/C41H24N4O.C37H22N4O.C35H20N4O/c1-3-17-33-30(13-1)31-16-5-9-26-10-7-18-34(36(26)31)45(33)41-43-38(40-39(44-41)32-14-2-4-19-35(32)46-40)28-22-20-25(21-23-28)29-15-6-11-27-12-8-24-42-37(27)29;1-3-15-30-26(11-1)27-13-7-9-24-10-8-16-31(33(24)27)41(30)37-39-34(36-35(40-37)28-12-2-4-17-32(28)42-36)25-20-18-23(19-21-25)29-14-5-6-22-38-29;1-3-17-27-23(13-1)24-15-5-9-21-10-7-18-28(30(21)24)39(27)35-37-32-25-14-2-4-19-29(25)40-34(32)33(38-35)26-16-6-11-22-12-8-20-36-31(22)26/h1-24H;1-22H;1-20H. The smallest absolute Gasteiger partial charge is 0.236 e. The van der Waals surface area contributed by atoms with Crippen LogP contribution in [0.2, 0.25) is 0 Å². The lowest BCUT2D eigenvalue weighted by atomic mass is 9.91. The molecule has 128 heavy (non-hydrogen) atoms. The van der Waals surface area contributed by atoms with E-state index >= 15 is 0 Å². The van der Waals surface area contributed by atoms with Gasteiger partial charge in [-0.25, -0.2) is 29.9 Å². The average molecular weight is 1640 g/mol. The number of nitrogens with zero attached hydrogens (tertiary/aromatic N) is 12. The number of furan rings is 3. The van der Waals surface area contributed by atoms with Crippen LogP contribution in [0.15, 0.2) is 414 Å². The predicted octanol–water partition coefficient (Wildman–Crippen LogP) is 29.8. The normalized spacial score (nSPS) is 12.3. The van der Waals surface area contributed by atoms with Crippen LogP contribution in [-0.2, 0) is 0 Å². The number of para-hydroxylation sites is 8. The van der Waals surface area contributed by atoms with Gasteiger partial charge in [0.05, 0.1) is 50.9 Å². The number of aromatic nitrogens is 9. The highest BCUT2D eigenvalue weighted by molar-refractivity contribution is 6.19. The fourth-order valence-corrected chi connectivity index (χ4v) is 19.3. The van der Waals surface area contributed by atoms with Crippen LogP contribution in [0, 0.1) is 0 Å². The number of hydrogen-bond donors (Lipinski definition) is 0. The van der Waals surface area contributed by atoms with Gasteiger partial charge in [-0.2, -0.15) is 0 Å². The van der Waals surface area contributed by atoms with Crippen LogP contribution in [0.3, 0.4) is 0 Å². The van der Waals surface area contributed by atoms with E-state index in [2.05, 4.69) is 316 Å². The summed E-state index contributed by atoms with van der Waals surface area (Å²) in [5, 5.41) is 12.2. The summed E-state index contributed by atoms with van der Waals surface area (Å²) >= 11 is 0. The number of benzene rings is 16. The number of fused-ring (bicyclic) bond motifs is 17. The molecule has 0 atom stereocenters. The van der Waals surface area contributed by atoms with E-state index in [9.17, 15) is 0 Å². The zero-order valence-corrected chi connectivity index (χ0v) is 68.2. The van der Waals surface area contributed by atoms with E-state index in [1.165, 1.54) is 49.0 Å². The molecular formula is C113H66N12O3. The summed E-state index contributed by atoms with van der Waals surface area (Å²) in [6.07, 6.45) is 5.48. The van der Waals surface area contributed by atoms with E-state index in [0.717, 1.165) is 178 Å². The fraction of sp³-hybridized carbons (Fsp3) is 0. The highest BCUT2D eigenvalue weighted by Gasteiger charge is 2.34. The van der Waals surface area contributed by atoms with E-state index in [4.69, 9.17) is 48.1 Å². The minimum absolute atomic E-state index is 0.594. The van der Waals surface area contributed by atoms with Crippen molar-refractivity contribution in [1.82, 2.24) is 44.9 Å². The van der Waals surface area contributed by atoms with Crippen molar-refractivity contribution in [2.45, 2.75) is 0 Å². The predicted molar refractivity (Wildman–Crippen MR) is 517 cm³/mol. The van der Waals surface area contributed by atoms with Crippen LogP contribution in [-0.4, -0.2) is 44.9 Å². The van der Waals surface area contributed by atoms with Gasteiger partial charge < -0.3 is 13.3 Å². The van der Waals surface area contributed by atoms with Crippen LogP contribution >= 0.6 is 0 Å². The molecule has 0 radical (unpaired) electrons. The highest BCUT2D eigenvalue weighted by atomic mass is 16.3. The maximum Gasteiger partial charge on any atom is 0.236 e. The molecule has 16 aromatic carbocycles. The van der Waals surface area contributed by atoms with Gasteiger partial charge in [-0.15, -0.1) is 0 Å². The molecule has 0 amide bonds. The molecule has 0 saturated carbocycles. The van der Waals surface area contributed by atoms with Gasteiger partial charge in [0.2, 0.25) is 17.8 Å². The second-order valence-corrected chi connectivity index (χ2v) is 32.2. The number of rotatable bonds is 8. The zero-order chi connectivity index (χ0) is 84.0. The molecule has 0 fully saturated rings. The molecule has 15 heteroatoms. The maximum atomic E-state index is 6.48. The molecule has 0 spiro atoms. The van der Waals surface area contributed by atoms with Crippen LogP contribution in [0.4, 0.5) is 52.0 Å². The Morgan fingerprint density at radius 3 is 0.914 bits per heavy atom. The fourth-order valence-electron chi connectivity index (χ4n) is 19.3. The third-order valence-corrected chi connectivity index (χ3v) is 25.0. The highest BCUT2D eigenvalue weighted by Crippen LogP contribution is 2.56. The number of anilines is 9. The van der Waals surface area contributed by atoms with Crippen molar-refractivity contribution in [2.24, 2.45) is 0 Å². The first-order chi connectivity index (χ1) is 63.5. The van der Waals surface area contributed by atoms with Gasteiger partial charge in [0.1, 0.15) is 50.4 Å². The Bertz CT molecular complexity index is 8870. The molecule has 12 heterocycles. The van der Waals surface area contributed by atoms with Gasteiger partial charge in [0.15, 0.2) is 16.7 Å². The van der Waals surface area contributed by atoms with E-state index in [-0.39, 0.29) is 0 Å². The third-order valence-electron chi connectivity index (χ3n) is 25.0. The molecule has 0 unspecified atom stereocenters. The lowest BCUT2D eigenvalue weighted by molar-refractivity contribution is 0.667. The number of pyridine rings is 3. The monoisotopic (exact) mass is 1640 g/mol. The van der Waals surface area contributed by atoms with E-state index in [1.807, 2.05) is 110 Å². The van der Waals surface area contributed by atoms with E-state index < -0.39 is 0 Å². The topological polar surface area (TPSA) is 165 Å². The van der Waals surface area contributed by atoms with Crippen molar-refractivity contribution >= 4 is 172 Å². The Morgan fingerprint density at radius 2 is 0.492 bits per heavy atom. The zero-order valence-electron chi connectivity index (χ0n) is 68.2. The summed E-state index contributed by atoms with van der Waals surface area (Å²) in [6.45, 7) is 0. The molecule has 0 bridgehead atoms. The summed E-state index contributed by atoms with van der Waals surface area (Å²) in [6, 6.07) is 132. The van der Waals surface area contributed by atoms with Crippen molar-refractivity contribution < 1.29 is 13.3 Å². The molecule has 0 saturated heterocycles. The summed E-state index contributed by atoms with van der Waals surface area (Å²) in [5.41, 5.74) is 31.2. The minimum atomic E-state index is 0.594. The number of hydrogen-bond acceptors (Lipinski definition) is 15. The largest absolute Gasteiger partial charge is 0.452 e. The van der Waals surface area contributed by atoms with Gasteiger partial charge in [-0.3, -0.25) is 29.7 Å². The van der Waals surface area contributed by atoms with Gasteiger partial charge in [0.25, 0.3) is 0 Å². The van der Waals surface area contributed by atoms with Crippen LogP contribution in [0.5, 0.6) is 0 Å². The Hall–Kier alpha value is -17.7. The van der Waals surface area contributed by atoms with Gasteiger partial charge in [-0.05, 0) is 135 Å². The Labute approximate surface area is 730 Å². The lowest BCUT2D eigenvalue weighted by Gasteiger charge is -2.32. The Morgan fingerprint density at radius 1 is 0.188 bits per heavy atom. The first kappa shape index (κ1) is 72.0. The SMILES string of the molecule is c1ccc(-c2ccc(-c3nc(N4c5ccccc5-c5cccc6cccc4c56)nc4c3oc3ccccc34)cc2)nc1.c1ccc2c(c1)-c1cccc3cccc(c13)N2c1nc(-c2ccc(-c3cccc4cccnc34)cc2)c2oc3ccccc3c2n1.c1ccc2c(c1)-c1cccc3cccc(c13)N2c1nc(-c2cccc3cccnc23)c2oc3ccccc3c2n1. The third kappa shape index (κ3) is 11.4. The molecule has 0 N–H and O–H groups in total. The second-order valence-electron chi connectivity index (χ2n) is 32.2. The molecule has 0 aliphatic carbocycles. The molecule has 3 aliphatic rings. The molecule has 9 aromatic heterocycles. The molecule has 596 valence electrons. The maximum absolute atomic E-state index is 6.48. The summed E-state index contributed by atoms with van der Waals surface area (Å²) in [4.78, 5) is 52.0. The van der Waals surface area contributed by atoms with E-state index in [1.54, 1.807) is 0 Å². The first-order valence-electron chi connectivity index (χ1n) is 42.6. The minimum Gasteiger partial charge on any atom is -0.452 e. The van der Waals surface area contributed by atoms with Gasteiger partial charge in [-0.1, -0.05) is 285 Å². The van der Waals surface area contributed by atoms with Crippen molar-refractivity contribution in [1.29, 1.82) is 0 Å². The molecule has 28 rings (SSSR count). The van der Waals surface area contributed by atoms with Gasteiger partial charge in [0, 0.05) is 106 Å². The van der Waals surface area contributed by atoms with Crippen LogP contribution in [0.1, 0.15) is 0 Å². The summed E-state index contributed by atoms with van der Waals surface area (Å²) in [7, 11) is 0. The Balaban J connectivity index is 0.000000102. The van der Waals surface area contributed by atoms with Crippen molar-refractivity contribution in [3.63, 3.8) is 0 Å². The van der Waals surface area contributed by atoms with Crippen molar-refractivity contribution in [3.8, 4) is 89.5 Å². The summed E-state index contributed by atoms with van der Waals surface area (Å²) < 4.78 is 19.3. The molecule has 15 nitrogen and oxygen atoms in total. The van der Waals surface area contributed by atoms with Crippen LogP contribution < -0.4 is 14.7 Å². The van der Waals surface area contributed by atoms with Crippen molar-refractivity contribution in [2.75, 3.05) is 14.7 Å². The first-order valence-corrected chi connectivity index (χ1v) is 42.6. The summed E-state index contributed by atoms with van der Waals surface area (Å²) in [5.74, 6) is 1.80. The molecule has 3 aliphatic heterocycles. The molecule has 25 aromatic rings. The second kappa shape index (κ2) is 29.0. The molecular weight excluding hydrogens is 1570 g/mol. The lowest BCUT2D eigenvalue weighted by Crippen LogP contribution is -2.17. The average Bonchev–Trinajstić information content (AvgIpc) is 1.09. The Kier molecular flexibility index (Phi) is 16.3. The van der Waals surface area contributed by atoms with Crippen molar-refractivity contribution in [3.05, 3.63) is 401 Å². The quantitative estimate of drug-likeness (QED) is 0.141. The van der Waals surface area contributed by atoms with Crippen LogP contribution in [0.25, 0.3) is 210 Å².